The van der Waals surface area contributed by atoms with E-state index in [1.807, 2.05) is 29.9 Å². The van der Waals surface area contributed by atoms with E-state index in [2.05, 4.69) is 5.32 Å². The van der Waals surface area contributed by atoms with Gasteiger partial charge in [-0.3, -0.25) is 0 Å². The number of fused-ring (bicyclic) bond motifs is 1. The molecule has 1 saturated heterocycles. The number of nitrogens with one attached hydrogen (secondary N) is 1. The second kappa shape index (κ2) is 4.63. The molecule has 2 heterocycles. The maximum Gasteiger partial charge on any atom is 0.243 e. The first kappa shape index (κ1) is 12.7. The molecule has 1 aliphatic rings. The largest absolute Gasteiger partial charge is 0.351 e. The van der Waals surface area contributed by atoms with E-state index in [1.165, 1.54) is 0 Å². The van der Waals surface area contributed by atoms with Gasteiger partial charge in [0, 0.05) is 50.3 Å². The van der Waals surface area contributed by atoms with E-state index in [0.717, 1.165) is 10.9 Å². The molecule has 2 aromatic rings. The Morgan fingerprint density at radius 1 is 1.16 bits per heavy atom. The maximum absolute atomic E-state index is 12.5. The molecule has 1 N–H and O–H groups in total. The van der Waals surface area contributed by atoms with Crippen LogP contribution in [0.5, 0.6) is 0 Å². The Morgan fingerprint density at radius 3 is 2.63 bits per heavy atom. The first-order valence-corrected chi connectivity index (χ1v) is 7.79. The summed E-state index contributed by atoms with van der Waals surface area (Å²) in [6, 6.07) is 7.25. The molecular formula is C13H17N3O2S. The third-order valence-corrected chi connectivity index (χ3v) is 5.47. The molecule has 0 aliphatic carbocycles. The van der Waals surface area contributed by atoms with Gasteiger partial charge >= 0.3 is 0 Å². The van der Waals surface area contributed by atoms with Crippen molar-refractivity contribution in [2.45, 2.75) is 4.90 Å². The van der Waals surface area contributed by atoms with E-state index in [4.69, 9.17) is 0 Å². The van der Waals surface area contributed by atoms with Gasteiger partial charge < -0.3 is 9.88 Å². The Hall–Kier alpha value is -1.37. The van der Waals surface area contributed by atoms with Crippen molar-refractivity contribution in [1.82, 2.24) is 14.2 Å². The molecule has 102 valence electrons. The normalized spacial score (nSPS) is 17.9. The number of hydrogen-bond donors (Lipinski definition) is 1. The summed E-state index contributed by atoms with van der Waals surface area (Å²) in [7, 11) is -1.41. The van der Waals surface area contributed by atoms with Crippen LogP contribution in [0.4, 0.5) is 0 Å². The Labute approximate surface area is 112 Å². The van der Waals surface area contributed by atoms with Gasteiger partial charge in [-0.2, -0.15) is 4.31 Å². The number of piperazine rings is 1. The van der Waals surface area contributed by atoms with Crippen molar-refractivity contribution in [3.05, 3.63) is 30.5 Å². The van der Waals surface area contributed by atoms with Crippen molar-refractivity contribution in [1.29, 1.82) is 0 Å². The van der Waals surface area contributed by atoms with E-state index in [0.29, 0.717) is 31.1 Å². The van der Waals surface area contributed by atoms with Gasteiger partial charge in [0.1, 0.15) is 0 Å². The number of aryl methyl sites for hydroxylation is 1. The molecule has 0 unspecified atom stereocenters. The van der Waals surface area contributed by atoms with Gasteiger partial charge in [0.05, 0.1) is 4.90 Å². The van der Waals surface area contributed by atoms with Crippen molar-refractivity contribution in [3.8, 4) is 0 Å². The number of benzene rings is 1. The predicted octanol–water partition coefficient (Wildman–Crippen LogP) is 0.772. The lowest BCUT2D eigenvalue weighted by atomic mass is 10.2. The van der Waals surface area contributed by atoms with Crippen LogP contribution in [0.3, 0.4) is 0 Å². The van der Waals surface area contributed by atoms with E-state index < -0.39 is 10.0 Å². The first-order valence-electron chi connectivity index (χ1n) is 6.35. The number of nitrogens with zero attached hydrogens (tertiary/aromatic N) is 2. The third-order valence-electron chi connectivity index (χ3n) is 3.57. The average molecular weight is 279 g/mol. The van der Waals surface area contributed by atoms with Gasteiger partial charge in [-0.15, -0.1) is 0 Å². The molecule has 1 aliphatic heterocycles. The SMILES string of the molecule is Cn1ccc2cc(S(=O)(=O)N3CCNCC3)ccc21. The molecule has 1 aromatic carbocycles. The maximum atomic E-state index is 12.5. The second-order valence-corrected chi connectivity index (χ2v) is 6.74. The molecule has 1 fully saturated rings. The Morgan fingerprint density at radius 2 is 1.89 bits per heavy atom. The molecule has 0 amide bonds. The van der Waals surface area contributed by atoms with Crippen LogP contribution in [0.1, 0.15) is 0 Å². The van der Waals surface area contributed by atoms with Crippen LogP contribution in [0.2, 0.25) is 0 Å². The average Bonchev–Trinajstić information content (AvgIpc) is 2.81. The highest BCUT2D eigenvalue weighted by Gasteiger charge is 2.25. The fraction of sp³-hybridized carbons (Fsp3) is 0.385. The molecule has 3 rings (SSSR count). The van der Waals surface area contributed by atoms with Crippen molar-refractivity contribution >= 4 is 20.9 Å². The van der Waals surface area contributed by atoms with Crippen LogP contribution in [-0.4, -0.2) is 43.5 Å². The summed E-state index contributed by atoms with van der Waals surface area (Å²) in [5.74, 6) is 0. The highest BCUT2D eigenvalue weighted by atomic mass is 32.2. The fourth-order valence-electron chi connectivity index (χ4n) is 2.45. The molecule has 19 heavy (non-hydrogen) atoms. The number of hydrogen-bond acceptors (Lipinski definition) is 3. The van der Waals surface area contributed by atoms with Crippen LogP contribution < -0.4 is 5.32 Å². The lowest BCUT2D eigenvalue weighted by Crippen LogP contribution is -2.46. The Bertz CT molecular complexity index is 700. The monoisotopic (exact) mass is 279 g/mol. The van der Waals surface area contributed by atoms with Gasteiger partial charge in [-0.1, -0.05) is 0 Å². The zero-order chi connectivity index (χ0) is 13.5. The summed E-state index contributed by atoms with van der Waals surface area (Å²) < 4.78 is 28.6. The molecule has 0 atom stereocenters. The van der Waals surface area contributed by atoms with Crippen molar-refractivity contribution < 1.29 is 8.42 Å². The van der Waals surface area contributed by atoms with Gasteiger partial charge in [0.2, 0.25) is 10.0 Å². The molecule has 1 aromatic heterocycles. The molecule has 0 saturated carbocycles. The third kappa shape index (κ3) is 2.16. The minimum atomic E-state index is -3.36. The fourth-order valence-corrected chi connectivity index (χ4v) is 3.93. The minimum absolute atomic E-state index is 0.383. The number of aromatic nitrogens is 1. The van der Waals surface area contributed by atoms with Crippen LogP contribution >= 0.6 is 0 Å². The van der Waals surface area contributed by atoms with Gasteiger partial charge in [0.15, 0.2) is 0 Å². The summed E-state index contributed by atoms with van der Waals surface area (Å²) >= 11 is 0. The standard InChI is InChI=1S/C13H17N3O2S/c1-15-7-4-11-10-12(2-3-13(11)15)19(17,18)16-8-5-14-6-9-16/h2-4,7,10,14H,5-6,8-9H2,1H3. The molecule has 0 radical (unpaired) electrons. The van der Waals surface area contributed by atoms with E-state index in [-0.39, 0.29) is 0 Å². The Kier molecular flexibility index (Phi) is 3.08. The highest BCUT2D eigenvalue weighted by molar-refractivity contribution is 7.89. The van der Waals surface area contributed by atoms with Gasteiger partial charge in [-0.05, 0) is 24.3 Å². The summed E-state index contributed by atoms with van der Waals surface area (Å²) in [6.45, 7) is 2.50. The topological polar surface area (TPSA) is 54.3 Å². The van der Waals surface area contributed by atoms with Crippen LogP contribution in [0.25, 0.3) is 10.9 Å². The van der Waals surface area contributed by atoms with E-state index >= 15 is 0 Å². The van der Waals surface area contributed by atoms with Crippen molar-refractivity contribution in [2.24, 2.45) is 7.05 Å². The second-order valence-electron chi connectivity index (χ2n) is 4.80. The minimum Gasteiger partial charge on any atom is -0.351 e. The van der Waals surface area contributed by atoms with Crippen LogP contribution in [-0.2, 0) is 17.1 Å². The van der Waals surface area contributed by atoms with Gasteiger partial charge in [0.25, 0.3) is 0 Å². The van der Waals surface area contributed by atoms with E-state index in [9.17, 15) is 8.42 Å². The summed E-state index contributed by atoms with van der Waals surface area (Å²) in [4.78, 5) is 0.383. The van der Waals surface area contributed by atoms with Crippen molar-refractivity contribution in [2.75, 3.05) is 26.2 Å². The lowest BCUT2D eigenvalue weighted by molar-refractivity contribution is 0.360. The molecule has 0 spiro atoms. The predicted molar refractivity (Wildman–Crippen MR) is 74.5 cm³/mol. The number of sulfonamides is 1. The quantitative estimate of drug-likeness (QED) is 0.883. The molecule has 6 heteroatoms. The van der Waals surface area contributed by atoms with Crippen molar-refractivity contribution in [3.63, 3.8) is 0 Å². The number of rotatable bonds is 2. The summed E-state index contributed by atoms with van der Waals surface area (Å²) in [5, 5.41) is 4.12. The van der Waals surface area contributed by atoms with Gasteiger partial charge in [-0.25, -0.2) is 8.42 Å². The first-order chi connectivity index (χ1) is 9.09. The molecule has 5 nitrogen and oxygen atoms in total. The van der Waals surface area contributed by atoms with Crippen LogP contribution in [0, 0.1) is 0 Å². The lowest BCUT2D eigenvalue weighted by Gasteiger charge is -2.26. The summed E-state index contributed by atoms with van der Waals surface area (Å²) in [5.41, 5.74) is 1.04. The zero-order valence-corrected chi connectivity index (χ0v) is 11.7. The highest BCUT2D eigenvalue weighted by Crippen LogP contribution is 2.22. The molecule has 0 bridgehead atoms. The summed E-state index contributed by atoms with van der Waals surface area (Å²) in [6.07, 6.45) is 1.94. The van der Waals surface area contributed by atoms with E-state index in [1.54, 1.807) is 16.4 Å². The molecular weight excluding hydrogens is 262 g/mol. The van der Waals surface area contributed by atoms with Crippen LogP contribution in [0.15, 0.2) is 35.4 Å². The Balaban J connectivity index is 2.02. The zero-order valence-electron chi connectivity index (χ0n) is 10.8. The smallest absolute Gasteiger partial charge is 0.243 e.